The summed E-state index contributed by atoms with van der Waals surface area (Å²) in [4.78, 5) is 0. The molecule has 0 aliphatic heterocycles. The highest BCUT2D eigenvalue weighted by Gasteiger charge is 2.53. The van der Waals surface area contributed by atoms with Crippen molar-refractivity contribution in [2.75, 3.05) is 0 Å². The fourth-order valence-corrected chi connectivity index (χ4v) is 5.29. The van der Waals surface area contributed by atoms with Crippen LogP contribution in [0.5, 0.6) is 0 Å². The van der Waals surface area contributed by atoms with Crippen molar-refractivity contribution in [3.63, 3.8) is 0 Å². The number of benzene rings is 2. The molecule has 0 radical (unpaired) electrons. The molecule has 0 heterocycles. The monoisotopic (exact) mass is 316 g/mol. The predicted molar refractivity (Wildman–Crippen MR) is 102 cm³/mol. The molecule has 2 aromatic carbocycles. The lowest BCUT2D eigenvalue weighted by atomic mass is 9.67. The van der Waals surface area contributed by atoms with Crippen molar-refractivity contribution < 1.29 is 0 Å². The van der Waals surface area contributed by atoms with Gasteiger partial charge < -0.3 is 0 Å². The molecule has 0 fully saturated rings. The maximum atomic E-state index is 3.38. The fraction of sp³-hybridized carbons (Fsp3) is 0.120. The zero-order valence-corrected chi connectivity index (χ0v) is 13.8. The van der Waals surface area contributed by atoms with E-state index in [0.29, 0.717) is 0 Å². The van der Waals surface area contributed by atoms with Crippen LogP contribution in [0, 0.1) is 11.8 Å². The molecule has 0 atom stereocenters. The first-order valence-corrected chi connectivity index (χ1v) is 8.91. The highest BCUT2D eigenvalue weighted by Crippen LogP contribution is 2.63. The van der Waals surface area contributed by atoms with Crippen LogP contribution in [0.2, 0.25) is 0 Å². The normalized spacial score (nSPS) is 20.2. The molecule has 0 bridgehead atoms. The Morgan fingerprint density at radius 3 is 2.20 bits per heavy atom. The largest absolute Gasteiger partial charge is 0.0940 e. The molecule has 6 rings (SSSR count). The van der Waals surface area contributed by atoms with Crippen molar-refractivity contribution in [1.82, 2.24) is 0 Å². The van der Waals surface area contributed by atoms with Gasteiger partial charge in [-0.1, -0.05) is 72.5 Å². The van der Waals surface area contributed by atoms with Gasteiger partial charge >= 0.3 is 0 Å². The third-order valence-electron chi connectivity index (χ3n) is 6.11. The molecule has 0 saturated heterocycles. The van der Waals surface area contributed by atoms with E-state index in [4.69, 9.17) is 0 Å². The molecule has 0 heteroatoms. The lowest BCUT2D eigenvalue weighted by molar-refractivity contribution is 0.711. The van der Waals surface area contributed by atoms with Crippen molar-refractivity contribution in [2.24, 2.45) is 0 Å². The van der Waals surface area contributed by atoms with E-state index in [1.165, 1.54) is 39.0 Å². The zero-order valence-electron chi connectivity index (χ0n) is 13.8. The van der Waals surface area contributed by atoms with Crippen molar-refractivity contribution in [3.05, 3.63) is 106 Å². The number of allylic oxidation sites excluding steroid dienone is 8. The summed E-state index contributed by atoms with van der Waals surface area (Å²) in [5, 5.41) is 0. The van der Waals surface area contributed by atoms with Gasteiger partial charge in [0.25, 0.3) is 0 Å². The summed E-state index contributed by atoms with van der Waals surface area (Å²) in [6.45, 7) is 0. The molecule has 2 aromatic rings. The average Bonchev–Trinajstić information content (AvgIpc) is 3.24. The highest BCUT2D eigenvalue weighted by molar-refractivity contribution is 5.89. The third kappa shape index (κ3) is 1.42. The van der Waals surface area contributed by atoms with Crippen molar-refractivity contribution >= 4 is 0 Å². The van der Waals surface area contributed by atoms with E-state index in [2.05, 4.69) is 78.6 Å². The Hall–Kier alpha value is -3.04. The minimum atomic E-state index is -0.120. The van der Waals surface area contributed by atoms with Gasteiger partial charge in [0.15, 0.2) is 0 Å². The second kappa shape index (κ2) is 4.52. The van der Waals surface area contributed by atoms with Gasteiger partial charge in [0, 0.05) is 6.42 Å². The summed E-state index contributed by atoms with van der Waals surface area (Å²) in [6, 6.07) is 17.9. The van der Waals surface area contributed by atoms with Gasteiger partial charge in [0.1, 0.15) is 0 Å². The Kier molecular flexibility index (Phi) is 2.40. The average molecular weight is 316 g/mol. The van der Waals surface area contributed by atoms with Gasteiger partial charge in [-0.3, -0.25) is 0 Å². The van der Waals surface area contributed by atoms with E-state index < -0.39 is 0 Å². The molecular weight excluding hydrogens is 300 g/mol. The first kappa shape index (κ1) is 13.3. The Morgan fingerprint density at radius 2 is 1.44 bits per heavy atom. The van der Waals surface area contributed by atoms with Crippen molar-refractivity contribution in [2.45, 2.75) is 18.3 Å². The van der Waals surface area contributed by atoms with E-state index in [-0.39, 0.29) is 5.41 Å². The summed E-state index contributed by atoms with van der Waals surface area (Å²) in [6.07, 6.45) is 10.8. The number of hydrogen-bond donors (Lipinski definition) is 0. The zero-order chi connectivity index (χ0) is 16.4. The van der Waals surface area contributed by atoms with Gasteiger partial charge in [-0.25, -0.2) is 0 Å². The van der Waals surface area contributed by atoms with E-state index in [1.54, 1.807) is 5.57 Å². The Labute approximate surface area is 147 Å². The fourth-order valence-electron chi connectivity index (χ4n) is 5.29. The van der Waals surface area contributed by atoms with E-state index in [1.807, 2.05) is 6.08 Å². The Bertz CT molecular complexity index is 1090. The first-order chi connectivity index (χ1) is 12.4. The second-order valence-electron chi connectivity index (χ2n) is 7.06. The van der Waals surface area contributed by atoms with Crippen molar-refractivity contribution in [1.29, 1.82) is 0 Å². The van der Waals surface area contributed by atoms with Gasteiger partial charge in [0.2, 0.25) is 0 Å². The summed E-state index contributed by atoms with van der Waals surface area (Å²) in [5.74, 6) is 6.57. The van der Waals surface area contributed by atoms with Crippen LogP contribution in [0.15, 0.2) is 95.1 Å². The van der Waals surface area contributed by atoms with Crippen LogP contribution < -0.4 is 0 Å². The second-order valence-corrected chi connectivity index (χ2v) is 7.06. The minimum Gasteiger partial charge on any atom is -0.0940 e. The number of rotatable bonds is 0. The lowest BCUT2D eigenvalue weighted by Crippen LogP contribution is -2.28. The molecule has 0 N–H and O–H groups in total. The van der Waals surface area contributed by atoms with Crippen molar-refractivity contribution in [3.8, 4) is 23.0 Å². The third-order valence-corrected chi connectivity index (χ3v) is 6.11. The molecule has 0 nitrogen and oxygen atoms in total. The highest BCUT2D eigenvalue weighted by atomic mass is 14.5. The van der Waals surface area contributed by atoms with Crippen LogP contribution >= 0.6 is 0 Å². The summed E-state index contributed by atoms with van der Waals surface area (Å²) >= 11 is 0. The molecule has 0 unspecified atom stereocenters. The Morgan fingerprint density at radius 1 is 0.760 bits per heavy atom. The maximum Gasteiger partial charge on any atom is 0.0663 e. The number of hydrogen-bond acceptors (Lipinski definition) is 0. The predicted octanol–water partition coefficient (Wildman–Crippen LogP) is 5.48. The Balaban J connectivity index is 1.80. The topological polar surface area (TPSA) is 0 Å². The van der Waals surface area contributed by atoms with Gasteiger partial charge in [-0.05, 0) is 63.1 Å². The van der Waals surface area contributed by atoms with Crippen LogP contribution in [-0.2, 0) is 5.41 Å². The summed E-state index contributed by atoms with van der Waals surface area (Å²) < 4.78 is 0. The quantitative estimate of drug-likeness (QED) is 0.564. The molecule has 116 valence electrons. The lowest BCUT2D eigenvalue weighted by Gasteiger charge is -2.33. The standard InChI is InChI=1S/C25H16/c1-2-9-17-20-12-8-16-24(20)25(21(17)13-3-1)22-14-6-4-10-18(22)19-11-5-7-15-23(19)25/h2,4-12,14-15H,13,16H2. The molecule has 0 saturated carbocycles. The molecule has 4 aliphatic rings. The van der Waals surface area contributed by atoms with E-state index >= 15 is 0 Å². The van der Waals surface area contributed by atoms with Gasteiger partial charge in [-0.2, -0.15) is 0 Å². The van der Waals surface area contributed by atoms with E-state index in [0.717, 1.165) is 12.8 Å². The van der Waals surface area contributed by atoms with Crippen LogP contribution in [0.1, 0.15) is 24.0 Å². The van der Waals surface area contributed by atoms with Crippen LogP contribution in [-0.4, -0.2) is 0 Å². The summed E-state index contributed by atoms with van der Waals surface area (Å²) in [7, 11) is 0. The van der Waals surface area contributed by atoms with Crippen LogP contribution in [0.4, 0.5) is 0 Å². The number of fused-ring (bicyclic) bond motifs is 8. The molecule has 0 aromatic heterocycles. The van der Waals surface area contributed by atoms with E-state index in [9.17, 15) is 0 Å². The van der Waals surface area contributed by atoms with Crippen LogP contribution in [0.3, 0.4) is 0 Å². The minimum absolute atomic E-state index is 0.120. The molecule has 4 aliphatic carbocycles. The van der Waals surface area contributed by atoms with Gasteiger partial charge in [-0.15, -0.1) is 0 Å². The van der Waals surface area contributed by atoms with Gasteiger partial charge in [0.05, 0.1) is 5.41 Å². The SMILES string of the molecule is C1#CCC2=C(C=C1)C1=C(CC=C1)C21c2ccccc2-c2ccccc21. The molecule has 25 heavy (non-hydrogen) atoms. The smallest absolute Gasteiger partial charge is 0.0663 e. The summed E-state index contributed by atoms with van der Waals surface area (Å²) in [5.41, 5.74) is 11.3. The molecular formula is C25H16. The molecule has 1 spiro atoms. The molecule has 0 amide bonds. The first-order valence-electron chi connectivity index (χ1n) is 8.91. The maximum absolute atomic E-state index is 3.38. The van der Waals surface area contributed by atoms with Crippen LogP contribution in [0.25, 0.3) is 11.1 Å².